The highest BCUT2D eigenvalue weighted by Gasteiger charge is 2.31. The summed E-state index contributed by atoms with van der Waals surface area (Å²) in [5.41, 5.74) is 2.25. The number of hydrogen-bond acceptors (Lipinski definition) is 5. The van der Waals surface area contributed by atoms with Crippen LogP contribution in [0.1, 0.15) is 12.0 Å². The quantitative estimate of drug-likeness (QED) is 0.403. The van der Waals surface area contributed by atoms with Gasteiger partial charge in [-0.1, -0.05) is 30.0 Å². The lowest BCUT2D eigenvalue weighted by molar-refractivity contribution is -0.114. The third-order valence-corrected chi connectivity index (χ3v) is 6.26. The van der Waals surface area contributed by atoms with Crippen molar-refractivity contribution >= 4 is 45.7 Å². The molecular formula is C25H22N4O3S. The number of aromatic nitrogens is 1. The molecule has 3 heterocycles. The number of aryl methyl sites for hydroxylation is 1. The molecule has 2 aliphatic rings. The fourth-order valence-electron chi connectivity index (χ4n) is 3.86. The Hall–Kier alpha value is -3.78. The van der Waals surface area contributed by atoms with Gasteiger partial charge in [0.2, 0.25) is 0 Å². The van der Waals surface area contributed by atoms with Gasteiger partial charge in [-0.25, -0.2) is 0 Å². The predicted molar refractivity (Wildman–Crippen MR) is 132 cm³/mol. The summed E-state index contributed by atoms with van der Waals surface area (Å²) in [5.74, 6) is 1.37. The largest absolute Gasteiger partial charge is 0.497 e. The molecule has 0 bridgehead atoms. The first-order chi connectivity index (χ1) is 16.1. The fraction of sp³-hybridized carbons (Fsp3) is 0.160. The molecule has 0 atom stereocenters. The number of methoxy groups -OCH3 is 1. The third-order valence-electron chi connectivity index (χ3n) is 5.50. The number of nitrogens with one attached hydrogen (secondary N) is 1. The SMILES string of the molecule is COc1ccc(OCCCn2cc(C=C3C(=N)N4C=CSC4=NC3=O)c3ccccc32)cc1. The van der Waals surface area contributed by atoms with Gasteiger partial charge < -0.3 is 14.0 Å². The number of para-hydroxylation sites is 1. The molecule has 7 nitrogen and oxygen atoms in total. The minimum atomic E-state index is -0.382. The van der Waals surface area contributed by atoms with Gasteiger partial charge in [-0.05, 0) is 48.2 Å². The van der Waals surface area contributed by atoms with Crippen molar-refractivity contribution in [2.45, 2.75) is 13.0 Å². The van der Waals surface area contributed by atoms with Gasteiger partial charge in [-0.3, -0.25) is 15.1 Å². The monoisotopic (exact) mass is 458 g/mol. The molecule has 5 rings (SSSR count). The van der Waals surface area contributed by atoms with Crippen LogP contribution in [0.2, 0.25) is 0 Å². The van der Waals surface area contributed by atoms with Crippen LogP contribution in [0.25, 0.3) is 17.0 Å². The Balaban J connectivity index is 1.34. The number of thioether (sulfide) groups is 1. The summed E-state index contributed by atoms with van der Waals surface area (Å²) in [5, 5.41) is 11.9. The minimum Gasteiger partial charge on any atom is -0.497 e. The highest BCUT2D eigenvalue weighted by atomic mass is 32.2. The molecule has 1 aromatic heterocycles. The van der Waals surface area contributed by atoms with Crippen LogP contribution in [-0.4, -0.2) is 40.1 Å². The summed E-state index contributed by atoms with van der Waals surface area (Å²) in [7, 11) is 1.64. The second kappa shape index (κ2) is 8.99. The van der Waals surface area contributed by atoms with Crippen LogP contribution >= 0.6 is 11.8 Å². The maximum absolute atomic E-state index is 12.6. The van der Waals surface area contributed by atoms with Gasteiger partial charge in [-0.2, -0.15) is 4.99 Å². The Bertz CT molecular complexity index is 1320. The molecule has 3 aromatic rings. The van der Waals surface area contributed by atoms with Crippen LogP contribution in [-0.2, 0) is 11.3 Å². The van der Waals surface area contributed by atoms with Gasteiger partial charge in [-0.15, -0.1) is 0 Å². The predicted octanol–water partition coefficient (Wildman–Crippen LogP) is 4.90. The Labute approximate surface area is 195 Å². The van der Waals surface area contributed by atoms with E-state index in [4.69, 9.17) is 14.9 Å². The zero-order valence-corrected chi connectivity index (χ0v) is 18.8. The number of carbonyl (C=O) groups excluding carboxylic acids is 1. The molecule has 2 aromatic carbocycles. The molecule has 166 valence electrons. The summed E-state index contributed by atoms with van der Waals surface area (Å²) < 4.78 is 13.2. The van der Waals surface area contributed by atoms with Gasteiger partial charge in [0.1, 0.15) is 17.3 Å². The first-order valence-electron chi connectivity index (χ1n) is 10.5. The van der Waals surface area contributed by atoms with E-state index in [1.54, 1.807) is 24.3 Å². The first-order valence-corrected chi connectivity index (χ1v) is 11.4. The maximum Gasteiger partial charge on any atom is 0.283 e. The van der Waals surface area contributed by atoms with Crippen molar-refractivity contribution in [3.8, 4) is 11.5 Å². The van der Waals surface area contributed by atoms with E-state index in [1.807, 2.05) is 54.1 Å². The number of ether oxygens (including phenoxy) is 2. The average molecular weight is 459 g/mol. The number of fused-ring (bicyclic) bond motifs is 2. The molecule has 8 heteroatoms. The second-order valence-corrected chi connectivity index (χ2v) is 8.42. The van der Waals surface area contributed by atoms with Gasteiger partial charge >= 0.3 is 0 Å². The van der Waals surface area contributed by atoms with Crippen LogP contribution < -0.4 is 9.47 Å². The standard InChI is InChI=1S/C25H22N4O3S/c1-31-18-7-9-19(10-8-18)32-13-4-11-28-16-17(20-5-2-3-6-22(20)28)15-21-23(26)29-12-14-33-25(29)27-24(21)30/h2-3,5-10,12,14-16,26H,4,11,13H2,1H3. The zero-order valence-electron chi connectivity index (χ0n) is 18.0. The van der Waals surface area contributed by atoms with Crippen molar-refractivity contribution in [1.82, 2.24) is 9.47 Å². The van der Waals surface area contributed by atoms with E-state index in [-0.39, 0.29) is 17.3 Å². The molecule has 0 spiro atoms. The van der Waals surface area contributed by atoms with E-state index in [0.29, 0.717) is 11.8 Å². The van der Waals surface area contributed by atoms with E-state index >= 15 is 0 Å². The Kier molecular flexibility index (Phi) is 5.75. The Morgan fingerprint density at radius 2 is 1.91 bits per heavy atom. The summed E-state index contributed by atoms with van der Waals surface area (Å²) in [4.78, 5) is 18.3. The van der Waals surface area contributed by atoms with E-state index in [1.165, 1.54) is 11.8 Å². The van der Waals surface area contributed by atoms with Gasteiger partial charge in [0, 0.05) is 35.4 Å². The molecule has 0 aliphatic carbocycles. The second-order valence-electron chi connectivity index (χ2n) is 7.55. The average Bonchev–Trinajstić information content (AvgIpc) is 3.45. The molecule has 0 saturated carbocycles. The maximum atomic E-state index is 12.6. The van der Waals surface area contributed by atoms with Crippen LogP contribution in [0, 0.1) is 5.41 Å². The van der Waals surface area contributed by atoms with E-state index in [9.17, 15) is 4.79 Å². The van der Waals surface area contributed by atoms with Gasteiger partial charge in [0.05, 0.1) is 19.3 Å². The lowest BCUT2D eigenvalue weighted by atomic mass is 10.1. The minimum absolute atomic E-state index is 0.149. The van der Waals surface area contributed by atoms with Crippen molar-refractivity contribution in [2.24, 2.45) is 4.99 Å². The van der Waals surface area contributed by atoms with E-state index in [0.717, 1.165) is 40.9 Å². The normalized spacial score (nSPS) is 16.5. The summed E-state index contributed by atoms with van der Waals surface area (Å²) in [6.07, 6.45) is 6.38. The number of amidine groups is 2. The Morgan fingerprint density at radius 3 is 2.73 bits per heavy atom. The van der Waals surface area contributed by atoms with E-state index in [2.05, 4.69) is 15.6 Å². The van der Waals surface area contributed by atoms with Crippen LogP contribution in [0.15, 0.2) is 76.9 Å². The molecule has 33 heavy (non-hydrogen) atoms. The molecule has 0 radical (unpaired) electrons. The van der Waals surface area contributed by atoms with Crippen molar-refractivity contribution < 1.29 is 14.3 Å². The fourth-order valence-corrected chi connectivity index (χ4v) is 4.56. The van der Waals surface area contributed by atoms with Gasteiger partial charge in [0.15, 0.2) is 5.17 Å². The van der Waals surface area contributed by atoms with Crippen molar-refractivity contribution in [2.75, 3.05) is 13.7 Å². The summed E-state index contributed by atoms with van der Waals surface area (Å²) >= 11 is 1.34. The van der Waals surface area contributed by atoms with Crippen LogP contribution in [0.4, 0.5) is 0 Å². The molecule has 2 aliphatic heterocycles. The lowest BCUT2D eigenvalue weighted by Gasteiger charge is -2.22. The summed E-state index contributed by atoms with van der Waals surface area (Å²) in [6.45, 7) is 1.34. The number of aliphatic imine (C=N–C) groups is 1. The third kappa shape index (κ3) is 4.17. The number of rotatable bonds is 7. The molecule has 1 amide bonds. The first kappa shape index (κ1) is 21.1. The highest BCUT2D eigenvalue weighted by Crippen LogP contribution is 2.29. The van der Waals surface area contributed by atoms with Crippen molar-refractivity contribution in [1.29, 1.82) is 5.41 Å². The summed E-state index contributed by atoms with van der Waals surface area (Å²) in [6, 6.07) is 15.6. The number of nitrogens with zero attached hydrogens (tertiary/aromatic N) is 3. The van der Waals surface area contributed by atoms with Crippen LogP contribution in [0.3, 0.4) is 0 Å². The molecule has 1 N–H and O–H groups in total. The number of carbonyl (C=O) groups is 1. The molecule has 0 fully saturated rings. The molecular weight excluding hydrogens is 436 g/mol. The number of amides is 1. The highest BCUT2D eigenvalue weighted by molar-refractivity contribution is 8.16. The molecule has 0 saturated heterocycles. The molecule has 0 unspecified atom stereocenters. The number of benzene rings is 2. The van der Waals surface area contributed by atoms with Crippen molar-refractivity contribution in [3.63, 3.8) is 0 Å². The van der Waals surface area contributed by atoms with E-state index < -0.39 is 0 Å². The Morgan fingerprint density at radius 1 is 1.12 bits per heavy atom. The lowest BCUT2D eigenvalue weighted by Crippen LogP contribution is -2.35. The topological polar surface area (TPSA) is 79.9 Å². The zero-order chi connectivity index (χ0) is 22.8. The van der Waals surface area contributed by atoms with Gasteiger partial charge in [0.25, 0.3) is 5.91 Å². The number of hydrogen-bond donors (Lipinski definition) is 1. The van der Waals surface area contributed by atoms with Crippen LogP contribution in [0.5, 0.6) is 11.5 Å². The van der Waals surface area contributed by atoms with Crippen molar-refractivity contribution in [3.05, 3.63) is 77.5 Å². The smallest absolute Gasteiger partial charge is 0.283 e.